The first-order chi connectivity index (χ1) is 13.7. The van der Waals surface area contributed by atoms with E-state index in [0.29, 0.717) is 13.0 Å². The number of hydrogen-bond acceptors (Lipinski definition) is 5. The van der Waals surface area contributed by atoms with Crippen LogP contribution >= 0.6 is 0 Å². The molecule has 2 saturated heterocycles. The fourth-order valence-electron chi connectivity index (χ4n) is 4.29. The van der Waals surface area contributed by atoms with Crippen LogP contribution in [-0.2, 0) is 16.1 Å². The fraction of sp³-hybridized carbons (Fsp3) is 0.636. The Labute approximate surface area is 172 Å². The van der Waals surface area contributed by atoms with Crippen molar-refractivity contribution in [2.24, 2.45) is 0 Å². The maximum atomic E-state index is 12.9. The number of piperazine rings is 1. The predicted molar refractivity (Wildman–Crippen MR) is 108 cm³/mol. The molecule has 1 aromatic rings. The van der Waals surface area contributed by atoms with E-state index in [9.17, 15) is 14.7 Å². The number of fused-ring (bicyclic) bond motifs is 2. The number of nitrogens with zero attached hydrogens (tertiary/aromatic N) is 2. The molecule has 0 unspecified atom stereocenters. The molecule has 1 aromatic carbocycles. The quantitative estimate of drug-likeness (QED) is 0.830. The Morgan fingerprint density at radius 1 is 1.17 bits per heavy atom. The molecule has 2 bridgehead atoms. The lowest BCUT2D eigenvalue weighted by molar-refractivity contribution is -0.0530. The summed E-state index contributed by atoms with van der Waals surface area (Å²) < 4.78 is 11.1. The first kappa shape index (κ1) is 21.4. The molecule has 4 atom stereocenters. The number of likely N-dealkylation sites (tertiary alicyclic amines) is 1. The second-order valence-corrected chi connectivity index (χ2v) is 8.84. The average Bonchev–Trinajstić information content (AvgIpc) is 2.99. The van der Waals surface area contributed by atoms with E-state index in [1.54, 1.807) is 9.80 Å². The molecule has 0 aliphatic carbocycles. The average molecular weight is 405 g/mol. The highest BCUT2D eigenvalue weighted by atomic mass is 16.6. The molecule has 2 aliphatic rings. The van der Waals surface area contributed by atoms with Crippen LogP contribution < -0.4 is 0 Å². The third-order valence-electron chi connectivity index (χ3n) is 5.56. The van der Waals surface area contributed by atoms with Gasteiger partial charge in [-0.25, -0.2) is 9.59 Å². The Bertz CT molecular complexity index is 718. The summed E-state index contributed by atoms with van der Waals surface area (Å²) >= 11 is 0. The number of amides is 2. The van der Waals surface area contributed by atoms with Crippen molar-refractivity contribution in [3.63, 3.8) is 0 Å². The molecule has 3 rings (SSSR count). The van der Waals surface area contributed by atoms with E-state index in [2.05, 4.69) is 0 Å². The van der Waals surface area contributed by atoms with Crippen molar-refractivity contribution >= 4 is 12.2 Å². The minimum atomic E-state index is -0.742. The van der Waals surface area contributed by atoms with Crippen LogP contribution in [0.15, 0.2) is 30.3 Å². The minimum Gasteiger partial charge on any atom is -0.445 e. The van der Waals surface area contributed by atoms with Gasteiger partial charge in [-0.3, -0.25) is 9.80 Å². The summed E-state index contributed by atoms with van der Waals surface area (Å²) in [5.41, 5.74) is 0.310. The van der Waals surface area contributed by atoms with Gasteiger partial charge in [0.25, 0.3) is 0 Å². The number of hydrogen-bond donors (Lipinski definition) is 1. The van der Waals surface area contributed by atoms with Crippen molar-refractivity contribution in [1.82, 2.24) is 9.80 Å². The molecule has 2 amide bonds. The molecule has 0 radical (unpaired) electrons. The lowest BCUT2D eigenvalue weighted by atomic mass is 9.96. The first-order valence-electron chi connectivity index (χ1n) is 10.4. The van der Waals surface area contributed by atoms with Gasteiger partial charge < -0.3 is 14.6 Å². The summed E-state index contributed by atoms with van der Waals surface area (Å²) in [6.45, 7) is 7.89. The lowest BCUT2D eigenvalue weighted by Crippen LogP contribution is -2.66. The van der Waals surface area contributed by atoms with Gasteiger partial charge in [-0.1, -0.05) is 37.3 Å². The zero-order chi connectivity index (χ0) is 21.2. The number of carbonyl (C=O) groups excluding carboxylic acids is 2. The maximum Gasteiger partial charge on any atom is 0.410 e. The minimum absolute atomic E-state index is 0.126. The lowest BCUT2D eigenvalue weighted by Gasteiger charge is -2.47. The monoisotopic (exact) mass is 404 g/mol. The van der Waals surface area contributed by atoms with Crippen LogP contribution in [0, 0.1) is 0 Å². The summed E-state index contributed by atoms with van der Waals surface area (Å²) in [6.07, 6.45) is 0.417. The molecule has 0 spiro atoms. The fourth-order valence-corrected chi connectivity index (χ4v) is 4.29. The largest absolute Gasteiger partial charge is 0.445 e. The molecule has 0 aromatic heterocycles. The maximum absolute atomic E-state index is 12.9. The summed E-state index contributed by atoms with van der Waals surface area (Å²) in [7, 11) is 0. The number of benzene rings is 1. The van der Waals surface area contributed by atoms with Crippen LogP contribution in [0.2, 0.25) is 0 Å². The summed E-state index contributed by atoms with van der Waals surface area (Å²) in [5.74, 6) is 0. The van der Waals surface area contributed by atoms with Crippen molar-refractivity contribution in [2.45, 2.75) is 83.4 Å². The standard InChI is InChI=1S/C22H32N2O5/c1-5-18(25)19-17-12-11-16(24(17)21(27)29-22(2,3)4)13-23(19)20(26)28-14-15-9-7-6-8-10-15/h6-10,16-19,25H,5,11-14H2,1-4H3/t16-,17+,18+,19+/m1/s1. The van der Waals surface area contributed by atoms with Gasteiger partial charge in [-0.15, -0.1) is 0 Å². The zero-order valence-electron chi connectivity index (χ0n) is 17.7. The Balaban J connectivity index is 1.75. The molecular weight excluding hydrogens is 372 g/mol. The Morgan fingerprint density at radius 3 is 2.48 bits per heavy atom. The Hall–Kier alpha value is -2.28. The second-order valence-electron chi connectivity index (χ2n) is 8.84. The SMILES string of the molecule is CC[C@H](O)[C@@H]1[C@@H]2CC[C@H](CN1C(=O)OCc1ccccc1)N2C(=O)OC(C)(C)C. The zero-order valence-corrected chi connectivity index (χ0v) is 17.7. The van der Waals surface area contributed by atoms with E-state index in [-0.39, 0.29) is 24.8 Å². The molecule has 7 nitrogen and oxygen atoms in total. The number of aliphatic hydroxyl groups excluding tert-OH is 1. The van der Waals surface area contributed by atoms with E-state index in [1.165, 1.54) is 0 Å². The summed E-state index contributed by atoms with van der Waals surface area (Å²) in [4.78, 5) is 29.0. The van der Waals surface area contributed by atoms with Gasteiger partial charge in [0, 0.05) is 6.54 Å². The van der Waals surface area contributed by atoms with Crippen molar-refractivity contribution < 1.29 is 24.2 Å². The van der Waals surface area contributed by atoms with Crippen LogP contribution in [0.3, 0.4) is 0 Å². The van der Waals surface area contributed by atoms with Gasteiger partial charge >= 0.3 is 12.2 Å². The van der Waals surface area contributed by atoms with Crippen molar-refractivity contribution in [2.75, 3.05) is 6.54 Å². The van der Waals surface area contributed by atoms with Gasteiger partial charge in [0.15, 0.2) is 0 Å². The van der Waals surface area contributed by atoms with E-state index < -0.39 is 23.8 Å². The van der Waals surface area contributed by atoms with Gasteiger partial charge in [-0.05, 0) is 45.6 Å². The van der Waals surface area contributed by atoms with E-state index in [4.69, 9.17) is 9.47 Å². The highest BCUT2D eigenvalue weighted by Gasteiger charge is 2.53. The summed E-state index contributed by atoms with van der Waals surface area (Å²) in [5, 5.41) is 10.7. The van der Waals surface area contributed by atoms with Crippen molar-refractivity contribution in [3.05, 3.63) is 35.9 Å². The Morgan fingerprint density at radius 2 is 1.86 bits per heavy atom. The molecule has 7 heteroatoms. The smallest absolute Gasteiger partial charge is 0.410 e. The molecule has 160 valence electrons. The molecular formula is C22H32N2O5. The van der Waals surface area contributed by atoms with Gasteiger partial charge in [0.2, 0.25) is 0 Å². The Kier molecular flexibility index (Phi) is 6.36. The van der Waals surface area contributed by atoms with Gasteiger partial charge in [-0.2, -0.15) is 0 Å². The van der Waals surface area contributed by atoms with E-state index in [0.717, 1.165) is 18.4 Å². The number of rotatable bonds is 4. The van der Waals surface area contributed by atoms with E-state index in [1.807, 2.05) is 58.0 Å². The molecule has 2 fully saturated rings. The predicted octanol–water partition coefficient (Wildman–Crippen LogP) is 3.55. The molecule has 1 N–H and O–H groups in total. The van der Waals surface area contributed by atoms with Crippen LogP contribution in [0.5, 0.6) is 0 Å². The second kappa shape index (κ2) is 8.61. The number of carbonyl (C=O) groups is 2. The number of aliphatic hydroxyl groups is 1. The van der Waals surface area contributed by atoms with Crippen LogP contribution in [0.4, 0.5) is 9.59 Å². The normalized spacial score (nSPS) is 24.9. The van der Waals surface area contributed by atoms with Crippen molar-refractivity contribution in [3.8, 4) is 0 Å². The topological polar surface area (TPSA) is 79.3 Å². The van der Waals surface area contributed by atoms with Crippen LogP contribution in [0.25, 0.3) is 0 Å². The van der Waals surface area contributed by atoms with Gasteiger partial charge in [0.05, 0.1) is 24.2 Å². The van der Waals surface area contributed by atoms with E-state index >= 15 is 0 Å². The summed E-state index contributed by atoms with van der Waals surface area (Å²) in [6, 6.07) is 8.59. The molecule has 0 saturated carbocycles. The van der Waals surface area contributed by atoms with Crippen LogP contribution in [0.1, 0.15) is 52.5 Å². The van der Waals surface area contributed by atoms with Crippen molar-refractivity contribution in [1.29, 1.82) is 0 Å². The third-order valence-corrected chi connectivity index (χ3v) is 5.56. The highest BCUT2D eigenvalue weighted by molar-refractivity contribution is 5.72. The first-order valence-corrected chi connectivity index (χ1v) is 10.4. The molecule has 29 heavy (non-hydrogen) atoms. The van der Waals surface area contributed by atoms with Crippen LogP contribution in [-0.4, -0.2) is 63.5 Å². The molecule has 2 aliphatic heterocycles. The molecule has 2 heterocycles. The number of ether oxygens (including phenoxy) is 2. The third kappa shape index (κ3) is 4.83. The van der Waals surface area contributed by atoms with Gasteiger partial charge in [0.1, 0.15) is 12.2 Å². The highest BCUT2D eigenvalue weighted by Crippen LogP contribution is 2.37.